The minimum absolute atomic E-state index is 0.0227. The van der Waals surface area contributed by atoms with Crippen LogP contribution in [0.5, 0.6) is 0 Å². The molecule has 1 aliphatic carbocycles. The number of aromatic nitrogens is 2. The van der Waals surface area contributed by atoms with Crippen LogP contribution in [0.3, 0.4) is 0 Å². The number of nitrogens with two attached hydrogens (primary N) is 1. The van der Waals surface area contributed by atoms with Crippen LogP contribution in [0.25, 0.3) is 11.3 Å². The van der Waals surface area contributed by atoms with Crippen LogP contribution < -0.4 is 16.6 Å². The highest BCUT2D eigenvalue weighted by molar-refractivity contribution is 6.30. The molecule has 0 atom stereocenters. The number of carbonyl (C=O) groups excluding carboxylic acids is 1. The van der Waals surface area contributed by atoms with Crippen LogP contribution in [0.2, 0.25) is 5.02 Å². The Balaban J connectivity index is 1.58. The van der Waals surface area contributed by atoms with Crippen LogP contribution in [0.4, 0.5) is 0 Å². The predicted octanol–water partition coefficient (Wildman–Crippen LogP) is 3.89. The van der Waals surface area contributed by atoms with E-state index in [4.69, 9.17) is 17.3 Å². The van der Waals surface area contributed by atoms with Crippen molar-refractivity contribution in [1.29, 1.82) is 0 Å². The number of benzene rings is 2. The Bertz CT molecular complexity index is 1170. The molecule has 1 aliphatic rings. The van der Waals surface area contributed by atoms with Crippen molar-refractivity contribution in [3.8, 4) is 11.3 Å². The van der Waals surface area contributed by atoms with Crippen molar-refractivity contribution in [2.75, 3.05) is 7.05 Å². The average molecular weight is 437 g/mol. The molecular formula is C24H25ClN4O2. The standard InChI is InChI=1S/C24H25ClN4O2/c1-27-23(31)17-5-2-4-16(14-17)21-8-9-22(30)29(28-21)20-10-12-24(26,13-11-20)18-6-3-7-19(25)15-18/h2-9,14-15,20H,10-13,26H2,1H3,(H,27,31)/t20-,24+. The number of nitrogens with zero attached hydrogens (tertiary/aromatic N) is 2. The number of hydrogen-bond donors (Lipinski definition) is 2. The molecule has 2 aromatic carbocycles. The first kappa shape index (κ1) is 21.3. The topological polar surface area (TPSA) is 90.0 Å². The van der Waals surface area contributed by atoms with Crippen LogP contribution in [0.15, 0.2) is 65.5 Å². The second kappa shape index (κ2) is 8.65. The summed E-state index contributed by atoms with van der Waals surface area (Å²) in [7, 11) is 1.59. The van der Waals surface area contributed by atoms with E-state index in [2.05, 4.69) is 10.4 Å². The Morgan fingerprint density at radius 1 is 1.13 bits per heavy atom. The van der Waals surface area contributed by atoms with Gasteiger partial charge >= 0.3 is 0 Å². The van der Waals surface area contributed by atoms with Crippen molar-refractivity contribution < 1.29 is 4.79 Å². The second-order valence-electron chi connectivity index (χ2n) is 8.06. The van der Waals surface area contributed by atoms with E-state index in [1.165, 1.54) is 6.07 Å². The van der Waals surface area contributed by atoms with E-state index >= 15 is 0 Å². The molecule has 0 bridgehead atoms. The fourth-order valence-electron chi connectivity index (χ4n) is 4.25. The summed E-state index contributed by atoms with van der Waals surface area (Å²) in [4.78, 5) is 24.5. The minimum Gasteiger partial charge on any atom is -0.355 e. The van der Waals surface area contributed by atoms with Crippen molar-refractivity contribution in [2.24, 2.45) is 5.73 Å². The maximum atomic E-state index is 12.6. The van der Waals surface area contributed by atoms with Gasteiger partial charge in [-0.2, -0.15) is 5.10 Å². The van der Waals surface area contributed by atoms with E-state index < -0.39 is 5.54 Å². The van der Waals surface area contributed by atoms with Gasteiger partial charge in [-0.1, -0.05) is 35.9 Å². The molecule has 0 spiro atoms. The molecule has 3 aromatic rings. The van der Waals surface area contributed by atoms with E-state index in [0.717, 1.165) is 36.8 Å². The minimum atomic E-state index is -0.454. The third-order valence-electron chi connectivity index (χ3n) is 6.07. The summed E-state index contributed by atoms with van der Waals surface area (Å²) in [6, 6.07) is 18.1. The number of rotatable bonds is 4. The lowest BCUT2D eigenvalue weighted by Crippen LogP contribution is -2.42. The van der Waals surface area contributed by atoms with Crippen LogP contribution >= 0.6 is 11.6 Å². The van der Waals surface area contributed by atoms with Gasteiger partial charge in [-0.3, -0.25) is 9.59 Å². The Labute approximate surface area is 186 Å². The molecule has 1 saturated carbocycles. The number of nitrogens with one attached hydrogen (secondary N) is 1. The summed E-state index contributed by atoms with van der Waals surface area (Å²) in [5, 5.41) is 7.93. The number of amides is 1. The second-order valence-corrected chi connectivity index (χ2v) is 8.50. The van der Waals surface area contributed by atoms with Gasteiger partial charge in [0.05, 0.1) is 11.7 Å². The maximum absolute atomic E-state index is 12.6. The summed E-state index contributed by atoms with van der Waals surface area (Å²) in [6.45, 7) is 0. The van der Waals surface area contributed by atoms with Crippen molar-refractivity contribution >= 4 is 17.5 Å². The summed E-state index contributed by atoms with van der Waals surface area (Å²) in [5.74, 6) is -0.164. The molecule has 4 rings (SSSR count). The average Bonchev–Trinajstić information content (AvgIpc) is 2.79. The molecule has 1 aromatic heterocycles. The van der Waals surface area contributed by atoms with Gasteiger partial charge in [-0.05, 0) is 61.6 Å². The number of hydrogen-bond acceptors (Lipinski definition) is 4. The molecule has 1 fully saturated rings. The lowest BCUT2D eigenvalue weighted by molar-refractivity contribution is 0.0963. The first-order valence-electron chi connectivity index (χ1n) is 10.4. The van der Waals surface area contributed by atoms with Crippen molar-refractivity contribution in [3.05, 3.63) is 87.2 Å². The lowest BCUT2D eigenvalue weighted by Gasteiger charge is -2.37. The summed E-state index contributed by atoms with van der Waals surface area (Å²) < 4.78 is 1.57. The fraction of sp³-hybridized carbons (Fsp3) is 0.292. The SMILES string of the molecule is CNC(=O)c1cccc(-c2ccc(=O)n([C@H]3CC[C@](N)(c4cccc(Cl)c4)CC3)n2)c1. The van der Waals surface area contributed by atoms with Gasteiger partial charge in [0.15, 0.2) is 0 Å². The molecule has 0 unspecified atom stereocenters. The van der Waals surface area contributed by atoms with Crippen LogP contribution in [0, 0.1) is 0 Å². The van der Waals surface area contributed by atoms with Gasteiger partial charge in [0.1, 0.15) is 0 Å². The Hall–Kier alpha value is -2.96. The summed E-state index contributed by atoms with van der Waals surface area (Å²) in [6.07, 6.45) is 2.97. The Kier molecular flexibility index (Phi) is 5.94. The van der Waals surface area contributed by atoms with Crippen molar-refractivity contribution in [2.45, 2.75) is 37.3 Å². The Morgan fingerprint density at radius 3 is 2.58 bits per heavy atom. The van der Waals surface area contributed by atoms with Crippen LogP contribution in [0.1, 0.15) is 47.6 Å². The molecule has 160 valence electrons. The van der Waals surface area contributed by atoms with E-state index in [1.807, 2.05) is 36.4 Å². The molecule has 31 heavy (non-hydrogen) atoms. The predicted molar refractivity (Wildman–Crippen MR) is 122 cm³/mol. The van der Waals surface area contributed by atoms with Gasteiger partial charge in [0.2, 0.25) is 0 Å². The van der Waals surface area contributed by atoms with E-state index in [0.29, 0.717) is 16.3 Å². The van der Waals surface area contributed by atoms with Gasteiger partial charge < -0.3 is 11.1 Å². The van der Waals surface area contributed by atoms with Crippen LogP contribution in [-0.2, 0) is 5.54 Å². The van der Waals surface area contributed by atoms with Gasteiger partial charge in [-0.15, -0.1) is 0 Å². The first-order valence-corrected chi connectivity index (χ1v) is 10.7. The smallest absolute Gasteiger partial charge is 0.267 e. The van der Waals surface area contributed by atoms with E-state index in [9.17, 15) is 9.59 Å². The van der Waals surface area contributed by atoms with Gasteiger partial charge in [-0.25, -0.2) is 4.68 Å². The zero-order valence-corrected chi connectivity index (χ0v) is 18.1. The van der Waals surface area contributed by atoms with Gasteiger partial charge in [0.25, 0.3) is 11.5 Å². The highest BCUT2D eigenvalue weighted by Crippen LogP contribution is 2.39. The van der Waals surface area contributed by atoms with Crippen LogP contribution in [-0.4, -0.2) is 22.7 Å². The monoisotopic (exact) mass is 436 g/mol. The highest BCUT2D eigenvalue weighted by Gasteiger charge is 2.34. The lowest BCUT2D eigenvalue weighted by atomic mass is 9.75. The molecule has 3 N–H and O–H groups in total. The highest BCUT2D eigenvalue weighted by atomic mass is 35.5. The van der Waals surface area contributed by atoms with E-state index in [-0.39, 0.29) is 17.5 Å². The van der Waals surface area contributed by atoms with Gasteiger partial charge in [0, 0.05) is 34.8 Å². The normalized spacial score (nSPS) is 20.9. The first-order chi connectivity index (χ1) is 14.9. The molecule has 0 saturated heterocycles. The number of carbonyl (C=O) groups is 1. The zero-order valence-electron chi connectivity index (χ0n) is 17.3. The summed E-state index contributed by atoms with van der Waals surface area (Å²) >= 11 is 6.15. The largest absolute Gasteiger partial charge is 0.355 e. The maximum Gasteiger partial charge on any atom is 0.267 e. The molecule has 1 heterocycles. The number of halogens is 1. The molecular weight excluding hydrogens is 412 g/mol. The third kappa shape index (κ3) is 4.40. The Morgan fingerprint density at radius 2 is 1.87 bits per heavy atom. The quantitative estimate of drug-likeness (QED) is 0.649. The molecule has 6 nitrogen and oxygen atoms in total. The summed E-state index contributed by atoms with van der Waals surface area (Å²) in [5.41, 5.74) is 9.13. The van der Waals surface area contributed by atoms with E-state index in [1.54, 1.807) is 29.9 Å². The molecule has 7 heteroatoms. The third-order valence-corrected chi connectivity index (χ3v) is 6.30. The van der Waals surface area contributed by atoms with Crippen molar-refractivity contribution in [1.82, 2.24) is 15.1 Å². The van der Waals surface area contributed by atoms with Crippen molar-refractivity contribution in [3.63, 3.8) is 0 Å². The molecule has 1 amide bonds. The molecule has 0 aliphatic heterocycles. The fourth-order valence-corrected chi connectivity index (χ4v) is 4.44. The zero-order chi connectivity index (χ0) is 22.0. The molecule has 0 radical (unpaired) electrons.